The van der Waals surface area contributed by atoms with Crippen molar-refractivity contribution < 1.29 is 24.6 Å². The molecule has 0 amide bonds. The molecule has 1 aromatic heterocycles. The molecule has 0 aliphatic carbocycles. The van der Waals surface area contributed by atoms with Crippen molar-refractivity contribution in [2.24, 2.45) is 0 Å². The van der Waals surface area contributed by atoms with Gasteiger partial charge in [-0.2, -0.15) is 0 Å². The first-order valence-corrected chi connectivity index (χ1v) is 4.31. The maximum Gasteiger partial charge on any atom is 0.358 e. The van der Waals surface area contributed by atoms with E-state index in [2.05, 4.69) is 10.5 Å². The minimum atomic E-state index is -1.16. The summed E-state index contributed by atoms with van der Waals surface area (Å²) in [6.45, 7) is -0.223. The van der Waals surface area contributed by atoms with Crippen molar-refractivity contribution in [2.45, 2.75) is 12.6 Å². The highest BCUT2D eigenvalue weighted by Gasteiger charge is 2.11. The van der Waals surface area contributed by atoms with Gasteiger partial charge in [-0.25, -0.2) is 4.79 Å². The van der Waals surface area contributed by atoms with Crippen LogP contribution in [0.2, 0.25) is 0 Å². The van der Waals surface area contributed by atoms with Crippen molar-refractivity contribution >= 4 is 5.97 Å². The number of aliphatic hydroxyl groups is 2. The number of hydrogen-bond donors (Lipinski definition) is 4. The zero-order valence-corrected chi connectivity index (χ0v) is 7.88. The van der Waals surface area contributed by atoms with Gasteiger partial charge in [-0.1, -0.05) is 5.16 Å². The molecule has 0 aromatic carbocycles. The Kier molecular flexibility index (Phi) is 4.22. The van der Waals surface area contributed by atoms with E-state index in [1.54, 1.807) is 0 Å². The standard InChI is InChI=1S/C8H12N2O5/c11-3-5(4-12)9-2-6-1-7(8(13)14)10-15-6/h1,5,9,11-12H,2-4H2,(H,13,14). The van der Waals surface area contributed by atoms with Gasteiger partial charge in [-0.15, -0.1) is 0 Å². The molecular formula is C8H12N2O5. The van der Waals surface area contributed by atoms with Crippen LogP contribution in [-0.4, -0.2) is 45.7 Å². The molecule has 0 spiro atoms. The summed E-state index contributed by atoms with van der Waals surface area (Å²) in [5, 5.41) is 32.1. The van der Waals surface area contributed by atoms with Gasteiger partial charge in [0.05, 0.1) is 25.8 Å². The zero-order valence-electron chi connectivity index (χ0n) is 7.88. The molecule has 0 fully saturated rings. The molecule has 0 aliphatic heterocycles. The summed E-state index contributed by atoms with van der Waals surface area (Å²) in [4.78, 5) is 10.4. The predicted molar refractivity (Wildman–Crippen MR) is 48.3 cm³/mol. The highest BCUT2D eigenvalue weighted by atomic mass is 16.5. The second-order valence-corrected chi connectivity index (χ2v) is 2.93. The Morgan fingerprint density at radius 3 is 2.67 bits per heavy atom. The van der Waals surface area contributed by atoms with Gasteiger partial charge in [0.15, 0.2) is 11.5 Å². The van der Waals surface area contributed by atoms with Crippen molar-refractivity contribution in [2.75, 3.05) is 13.2 Å². The highest BCUT2D eigenvalue weighted by Crippen LogP contribution is 2.03. The largest absolute Gasteiger partial charge is 0.476 e. The van der Waals surface area contributed by atoms with Gasteiger partial charge in [0, 0.05) is 6.07 Å². The van der Waals surface area contributed by atoms with Crippen LogP contribution in [0.3, 0.4) is 0 Å². The van der Waals surface area contributed by atoms with Crippen LogP contribution in [0.4, 0.5) is 0 Å². The molecule has 7 nitrogen and oxygen atoms in total. The second-order valence-electron chi connectivity index (χ2n) is 2.93. The molecule has 1 aromatic rings. The Bertz CT molecular complexity index is 321. The molecule has 1 rings (SSSR count). The van der Waals surface area contributed by atoms with Crippen molar-refractivity contribution in [1.29, 1.82) is 0 Å². The quantitative estimate of drug-likeness (QED) is 0.472. The number of aromatic nitrogens is 1. The number of rotatable bonds is 6. The first-order chi connectivity index (χ1) is 7.17. The van der Waals surface area contributed by atoms with Crippen LogP contribution in [0.1, 0.15) is 16.2 Å². The molecule has 1 heterocycles. The second kappa shape index (κ2) is 5.44. The average Bonchev–Trinajstić information content (AvgIpc) is 2.68. The van der Waals surface area contributed by atoms with Gasteiger partial charge in [-0.3, -0.25) is 0 Å². The zero-order chi connectivity index (χ0) is 11.3. The summed E-state index contributed by atoms with van der Waals surface area (Å²) in [7, 11) is 0. The van der Waals surface area contributed by atoms with Crippen LogP contribution in [0.25, 0.3) is 0 Å². The van der Waals surface area contributed by atoms with Gasteiger partial charge in [-0.05, 0) is 0 Å². The third kappa shape index (κ3) is 3.31. The van der Waals surface area contributed by atoms with E-state index >= 15 is 0 Å². The van der Waals surface area contributed by atoms with Crippen molar-refractivity contribution in [3.05, 3.63) is 17.5 Å². The van der Waals surface area contributed by atoms with Crippen LogP contribution in [0.15, 0.2) is 10.6 Å². The number of carboxylic acids is 1. The van der Waals surface area contributed by atoms with E-state index in [1.165, 1.54) is 6.07 Å². The van der Waals surface area contributed by atoms with Crippen LogP contribution in [0, 0.1) is 0 Å². The summed E-state index contributed by atoms with van der Waals surface area (Å²) in [5.74, 6) is -0.829. The van der Waals surface area contributed by atoms with E-state index in [1.807, 2.05) is 0 Å². The Morgan fingerprint density at radius 1 is 1.53 bits per heavy atom. The van der Waals surface area contributed by atoms with Crippen molar-refractivity contribution in [1.82, 2.24) is 10.5 Å². The molecule has 4 N–H and O–H groups in total. The SMILES string of the molecule is O=C(O)c1cc(CNC(CO)CO)on1. The lowest BCUT2D eigenvalue weighted by Gasteiger charge is -2.10. The smallest absolute Gasteiger partial charge is 0.358 e. The lowest BCUT2D eigenvalue weighted by atomic mass is 10.3. The highest BCUT2D eigenvalue weighted by molar-refractivity contribution is 5.85. The molecule has 0 radical (unpaired) electrons. The summed E-state index contributed by atoms with van der Waals surface area (Å²) in [6, 6.07) is 0.824. The van der Waals surface area contributed by atoms with E-state index in [4.69, 9.17) is 19.8 Å². The number of aliphatic hydroxyl groups excluding tert-OH is 2. The predicted octanol–water partition coefficient (Wildman–Crippen LogP) is -1.18. The third-order valence-corrected chi connectivity index (χ3v) is 1.78. The van der Waals surface area contributed by atoms with Crippen LogP contribution < -0.4 is 5.32 Å². The van der Waals surface area contributed by atoms with Gasteiger partial charge >= 0.3 is 5.97 Å². The third-order valence-electron chi connectivity index (χ3n) is 1.78. The van der Waals surface area contributed by atoms with Crippen LogP contribution >= 0.6 is 0 Å². The van der Waals surface area contributed by atoms with E-state index in [0.717, 1.165) is 0 Å². The molecule has 0 unspecified atom stereocenters. The summed E-state index contributed by atoms with van der Waals surface area (Å²) in [5.41, 5.74) is -0.170. The van der Waals surface area contributed by atoms with E-state index in [0.29, 0.717) is 5.76 Å². The number of carboxylic acid groups (broad SMARTS) is 1. The number of nitrogens with one attached hydrogen (secondary N) is 1. The number of hydrogen-bond acceptors (Lipinski definition) is 6. The average molecular weight is 216 g/mol. The van der Waals surface area contributed by atoms with E-state index in [9.17, 15) is 4.79 Å². The summed E-state index contributed by atoms with van der Waals surface area (Å²) in [6.07, 6.45) is 0. The first-order valence-electron chi connectivity index (χ1n) is 4.31. The summed E-state index contributed by atoms with van der Waals surface area (Å²) >= 11 is 0. The van der Waals surface area contributed by atoms with Crippen LogP contribution in [-0.2, 0) is 6.54 Å². The lowest BCUT2D eigenvalue weighted by Crippen LogP contribution is -2.35. The Hall–Kier alpha value is -1.44. The van der Waals surface area contributed by atoms with E-state index in [-0.39, 0.29) is 25.5 Å². The fourth-order valence-electron chi connectivity index (χ4n) is 0.929. The molecule has 84 valence electrons. The van der Waals surface area contributed by atoms with Gasteiger partial charge in [0.1, 0.15) is 0 Å². The number of carbonyl (C=O) groups is 1. The van der Waals surface area contributed by atoms with Crippen LogP contribution in [0.5, 0.6) is 0 Å². The summed E-state index contributed by atoms with van der Waals surface area (Å²) < 4.78 is 4.71. The minimum absolute atomic E-state index is 0.170. The topological polar surface area (TPSA) is 116 Å². The number of nitrogens with zero attached hydrogens (tertiary/aromatic N) is 1. The number of aromatic carboxylic acids is 1. The molecule has 7 heteroatoms. The first kappa shape index (κ1) is 11.6. The van der Waals surface area contributed by atoms with Gasteiger partial charge in [0.2, 0.25) is 0 Å². The molecule has 0 saturated carbocycles. The fourth-order valence-corrected chi connectivity index (χ4v) is 0.929. The Labute approximate surface area is 85.3 Å². The van der Waals surface area contributed by atoms with Crippen molar-refractivity contribution in [3.63, 3.8) is 0 Å². The molecule has 15 heavy (non-hydrogen) atoms. The lowest BCUT2D eigenvalue weighted by molar-refractivity contribution is 0.0685. The van der Waals surface area contributed by atoms with Gasteiger partial charge in [0.25, 0.3) is 0 Å². The normalized spacial score (nSPS) is 10.9. The molecular weight excluding hydrogens is 204 g/mol. The Balaban J connectivity index is 2.47. The molecule has 0 aliphatic rings. The minimum Gasteiger partial charge on any atom is -0.476 e. The monoisotopic (exact) mass is 216 g/mol. The van der Waals surface area contributed by atoms with Gasteiger partial charge < -0.3 is 25.2 Å². The fraction of sp³-hybridized carbons (Fsp3) is 0.500. The van der Waals surface area contributed by atoms with E-state index < -0.39 is 12.0 Å². The molecule has 0 bridgehead atoms. The Morgan fingerprint density at radius 2 is 2.20 bits per heavy atom. The van der Waals surface area contributed by atoms with Crippen molar-refractivity contribution in [3.8, 4) is 0 Å². The molecule has 0 saturated heterocycles. The maximum absolute atomic E-state index is 10.4. The molecule has 0 atom stereocenters. The maximum atomic E-state index is 10.4.